The molecule has 0 aromatic heterocycles. The lowest BCUT2D eigenvalue weighted by atomic mass is 9.80. The third kappa shape index (κ3) is 4.08. The van der Waals surface area contributed by atoms with Crippen LogP contribution in [-0.2, 0) is 0 Å². The fourth-order valence-electron chi connectivity index (χ4n) is 4.17. The van der Waals surface area contributed by atoms with Crippen LogP contribution in [0.2, 0.25) is 0 Å². The molecule has 0 heterocycles. The van der Waals surface area contributed by atoms with E-state index in [1.54, 1.807) is 0 Å². The lowest BCUT2D eigenvalue weighted by Gasteiger charge is -2.36. The van der Waals surface area contributed by atoms with E-state index in [-0.39, 0.29) is 0 Å². The van der Waals surface area contributed by atoms with Crippen LogP contribution in [0.4, 0.5) is 0 Å². The van der Waals surface area contributed by atoms with Crippen molar-refractivity contribution in [1.29, 1.82) is 0 Å². The van der Waals surface area contributed by atoms with Gasteiger partial charge in [-0.15, -0.1) is 0 Å². The van der Waals surface area contributed by atoms with Crippen molar-refractivity contribution in [2.24, 2.45) is 11.7 Å². The minimum absolute atomic E-state index is 0.438. The predicted octanol–water partition coefficient (Wildman–Crippen LogP) is 4.17. The molecule has 0 saturated heterocycles. The third-order valence-electron chi connectivity index (χ3n) is 5.47. The Morgan fingerprint density at radius 1 is 0.857 bits per heavy atom. The number of benzene rings is 1. The quantitative estimate of drug-likeness (QED) is 0.872. The topological polar surface area (TPSA) is 38.0 Å². The molecule has 2 aliphatic carbocycles. The minimum Gasteiger partial charge on any atom is -0.328 e. The molecule has 21 heavy (non-hydrogen) atoms. The first-order valence-corrected chi connectivity index (χ1v) is 8.89. The van der Waals surface area contributed by atoms with Gasteiger partial charge in [0.1, 0.15) is 0 Å². The number of hydrogen-bond donors (Lipinski definition) is 2. The Kier molecular flexibility index (Phi) is 5.32. The molecule has 3 N–H and O–H groups in total. The number of rotatable bonds is 4. The third-order valence-corrected chi connectivity index (χ3v) is 5.47. The Bertz CT molecular complexity index is 403. The molecular weight excluding hydrogens is 256 g/mol. The van der Waals surface area contributed by atoms with Gasteiger partial charge in [-0.2, -0.15) is 0 Å². The fraction of sp³-hybridized carbons (Fsp3) is 0.684. The second-order valence-electron chi connectivity index (χ2n) is 7.06. The van der Waals surface area contributed by atoms with Crippen LogP contribution in [0.1, 0.15) is 69.4 Å². The highest BCUT2D eigenvalue weighted by Crippen LogP contribution is 2.35. The Morgan fingerprint density at radius 3 is 2.19 bits per heavy atom. The molecule has 1 unspecified atom stereocenters. The Morgan fingerprint density at radius 2 is 1.52 bits per heavy atom. The van der Waals surface area contributed by atoms with Gasteiger partial charge in [-0.1, -0.05) is 49.6 Å². The van der Waals surface area contributed by atoms with Crippen LogP contribution in [0.15, 0.2) is 30.3 Å². The summed E-state index contributed by atoms with van der Waals surface area (Å²) in [5, 5.41) is 4.01. The van der Waals surface area contributed by atoms with Gasteiger partial charge in [0.15, 0.2) is 0 Å². The van der Waals surface area contributed by atoms with Gasteiger partial charge in [-0.05, 0) is 50.0 Å². The van der Waals surface area contributed by atoms with Gasteiger partial charge in [0.05, 0.1) is 0 Å². The van der Waals surface area contributed by atoms with E-state index < -0.39 is 0 Å². The maximum atomic E-state index is 6.05. The van der Waals surface area contributed by atoms with Crippen molar-refractivity contribution < 1.29 is 0 Å². The zero-order valence-electron chi connectivity index (χ0n) is 13.1. The lowest BCUT2D eigenvalue weighted by molar-refractivity contribution is 0.228. The number of nitrogens with two attached hydrogens (primary N) is 1. The summed E-state index contributed by atoms with van der Waals surface area (Å²) in [7, 11) is 0. The monoisotopic (exact) mass is 286 g/mol. The summed E-state index contributed by atoms with van der Waals surface area (Å²) in [5.41, 5.74) is 7.54. The average molecular weight is 286 g/mol. The Balaban J connectivity index is 1.69. The lowest BCUT2D eigenvalue weighted by Crippen LogP contribution is -2.41. The van der Waals surface area contributed by atoms with E-state index in [2.05, 4.69) is 35.6 Å². The molecule has 0 spiro atoms. The molecule has 116 valence electrons. The van der Waals surface area contributed by atoms with Gasteiger partial charge in [0, 0.05) is 18.1 Å². The average Bonchev–Trinajstić information content (AvgIpc) is 2.56. The van der Waals surface area contributed by atoms with E-state index in [1.807, 2.05) is 0 Å². The summed E-state index contributed by atoms with van der Waals surface area (Å²) < 4.78 is 0. The highest BCUT2D eigenvalue weighted by molar-refractivity contribution is 5.20. The largest absolute Gasteiger partial charge is 0.328 e. The summed E-state index contributed by atoms with van der Waals surface area (Å²) in [4.78, 5) is 0. The van der Waals surface area contributed by atoms with Crippen LogP contribution in [-0.4, -0.2) is 12.1 Å². The molecule has 1 aromatic rings. The zero-order valence-corrected chi connectivity index (χ0v) is 13.1. The summed E-state index contributed by atoms with van der Waals surface area (Å²) in [6.07, 6.45) is 11.9. The molecule has 1 atom stereocenters. The molecule has 3 rings (SSSR count). The first kappa shape index (κ1) is 15.1. The van der Waals surface area contributed by atoms with Gasteiger partial charge in [0.25, 0.3) is 0 Å². The van der Waals surface area contributed by atoms with Crippen molar-refractivity contribution >= 4 is 0 Å². The standard InChI is InChI=1S/C19H30N2/c20-17-11-13-18(14-12-17)21-19(15-7-3-1-4-8-15)16-9-5-2-6-10-16/h1,3-4,7-8,16-19,21H,2,5-6,9-14,20H2. The van der Waals surface area contributed by atoms with Gasteiger partial charge < -0.3 is 11.1 Å². The normalized spacial score (nSPS) is 29.2. The van der Waals surface area contributed by atoms with Crippen LogP contribution in [0.25, 0.3) is 0 Å². The van der Waals surface area contributed by atoms with Gasteiger partial charge in [0.2, 0.25) is 0 Å². The van der Waals surface area contributed by atoms with Crippen LogP contribution < -0.4 is 11.1 Å². The van der Waals surface area contributed by atoms with Gasteiger partial charge in [-0.25, -0.2) is 0 Å². The second-order valence-corrected chi connectivity index (χ2v) is 7.06. The van der Waals surface area contributed by atoms with Crippen LogP contribution >= 0.6 is 0 Å². The van der Waals surface area contributed by atoms with Crippen molar-refractivity contribution in [1.82, 2.24) is 5.32 Å². The molecule has 2 aliphatic rings. The van der Waals surface area contributed by atoms with Crippen LogP contribution in [0, 0.1) is 5.92 Å². The van der Waals surface area contributed by atoms with E-state index in [1.165, 1.54) is 63.4 Å². The first-order valence-electron chi connectivity index (χ1n) is 8.89. The summed E-state index contributed by atoms with van der Waals surface area (Å²) in [6.45, 7) is 0. The summed E-state index contributed by atoms with van der Waals surface area (Å²) in [6, 6.07) is 12.8. The minimum atomic E-state index is 0.438. The SMILES string of the molecule is NC1CCC(NC(c2ccccc2)C2CCCCC2)CC1. The Hall–Kier alpha value is -0.860. The molecule has 0 bridgehead atoms. The highest BCUT2D eigenvalue weighted by Gasteiger charge is 2.28. The van der Waals surface area contributed by atoms with Crippen molar-refractivity contribution in [3.8, 4) is 0 Å². The van der Waals surface area contributed by atoms with Crippen molar-refractivity contribution in [2.75, 3.05) is 0 Å². The maximum absolute atomic E-state index is 6.05. The zero-order chi connectivity index (χ0) is 14.5. The number of nitrogens with one attached hydrogen (secondary N) is 1. The van der Waals surface area contributed by atoms with Crippen molar-refractivity contribution in [3.63, 3.8) is 0 Å². The number of hydrogen-bond acceptors (Lipinski definition) is 2. The van der Waals surface area contributed by atoms with Gasteiger partial charge in [-0.3, -0.25) is 0 Å². The highest BCUT2D eigenvalue weighted by atomic mass is 15.0. The molecule has 2 nitrogen and oxygen atoms in total. The van der Waals surface area contributed by atoms with E-state index in [4.69, 9.17) is 5.73 Å². The molecule has 2 heteroatoms. The molecule has 0 amide bonds. The molecule has 2 saturated carbocycles. The smallest absolute Gasteiger partial charge is 0.0351 e. The summed E-state index contributed by atoms with van der Waals surface area (Å²) >= 11 is 0. The van der Waals surface area contributed by atoms with E-state index in [0.717, 1.165) is 5.92 Å². The van der Waals surface area contributed by atoms with E-state index >= 15 is 0 Å². The van der Waals surface area contributed by atoms with Crippen molar-refractivity contribution in [3.05, 3.63) is 35.9 Å². The van der Waals surface area contributed by atoms with Gasteiger partial charge >= 0.3 is 0 Å². The van der Waals surface area contributed by atoms with Crippen LogP contribution in [0.3, 0.4) is 0 Å². The molecule has 0 aliphatic heterocycles. The molecule has 2 fully saturated rings. The first-order chi connectivity index (χ1) is 10.3. The second kappa shape index (κ2) is 7.42. The Labute approximate surface area is 129 Å². The van der Waals surface area contributed by atoms with Crippen molar-refractivity contribution in [2.45, 2.75) is 75.9 Å². The maximum Gasteiger partial charge on any atom is 0.0351 e. The molecule has 1 aromatic carbocycles. The predicted molar refractivity (Wildman–Crippen MR) is 89.1 cm³/mol. The summed E-state index contributed by atoms with van der Waals surface area (Å²) in [5.74, 6) is 0.816. The van der Waals surface area contributed by atoms with Crippen LogP contribution in [0.5, 0.6) is 0 Å². The molecular formula is C19H30N2. The van der Waals surface area contributed by atoms with E-state index in [0.29, 0.717) is 18.1 Å². The van der Waals surface area contributed by atoms with E-state index in [9.17, 15) is 0 Å². The molecule has 0 radical (unpaired) electrons. The fourth-order valence-corrected chi connectivity index (χ4v) is 4.17.